The third-order valence-corrected chi connectivity index (χ3v) is 5.44. The maximum absolute atomic E-state index is 5.61. The molecule has 4 nitrogen and oxygen atoms in total. The lowest BCUT2D eigenvalue weighted by atomic mass is 10.1. The van der Waals surface area contributed by atoms with E-state index >= 15 is 0 Å². The molecule has 0 amide bonds. The molecular formula is C21H32N4S. The minimum Gasteiger partial charge on any atom is -0.384 e. The second-order valence-corrected chi connectivity index (χ2v) is 7.82. The van der Waals surface area contributed by atoms with Crippen LogP contribution in [-0.2, 0) is 0 Å². The predicted molar refractivity (Wildman–Crippen MR) is 112 cm³/mol. The Kier molecular flexibility index (Phi) is 10.1. The normalized spacial score (nSPS) is 11.0. The van der Waals surface area contributed by atoms with Crippen molar-refractivity contribution in [2.24, 2.45) is 0 Å². The molecule has 142 valence electrons. The Bertz CT molecular complexity index is 598. The van der Waals surface area contributed by atoms with Crippen molar-refractivity contribution < 1.29 is 0 Å². The van der Waals surface area contributed by atoms with E-state index in [4.69, 9.17) is 5.73 Å². The number of aromatic nitrogens is 3. The van der Waals surface area contributed by atoms with E-state index in [9.17, 15) is 0 Å². The van der Waals surface area contributed by atoms with Crippen LogP contribution in [0.1, 0.15) is 71.1 Å². The van der Waals surface area contributed by atoms with Gasteiger partial charge in [0.05, 0.1) is 0 Å². The summed E-state index contributed by atoms with van der Waals surface area (Å²) in [7, 11) is 0. The van der Waals surface area contributed by atoms with Gasteiger partial charge in [0.2, 0.25) is 0 Å². The fourth-order valence-electron chi connectivity index (χ4n) is 2.87. The van der Waals surface area contributed by atoms with E-state index in [1.807, 2.05) is 18.5 Å². The zero-order valence-electron chi connectivity index (χ0n) is 16.0. The average Bonchev–Trinajstić information content (AvgIpc) is 2.67. The van der Waals surface area contributed by atoms with E-state index < -0.39 is 0 Å². The number of pyridine rings is 1. The van der Waals surface area contributed by atoms with Gasteiger partial charge in [-0.25, -0.2) is 15.0 Å². The average molecular weight is 373 g/mol. The van der Waals surface area contributed by atoms with E-state index in [1.54, 1.807) is 24.0 Å². The van der Waals surface area contributed by atoms with Gasteiger partial charge in [0.15, 0.2) is 5.16 Å². The van der Waals surface area contributed by atoms with Crippen molar-refractivity contribution in [3.63, 3.8) is 0 Å². The largest absolute Gasteiger partial charge is 0.384 e. The number of thioether (sulfide) groups is 1. The summed E-state index contributed by atoms with van der Waals surface area (Å²) >= 11 is 1.75. The van der Waals surface area contributed by atoms with Gasteiger partial charge in [-0.05, 0) is 18.6 Å². The summed E-state index contributed by atoms with van der Waals surface area (Å²) < 4.78 is 0. The molecule has 0 aliphatic rings. The van der Waals surface area contributed by atoms with Crippen molar-refractivity contribution in [3.05, 3.63) is 30.7 Å². The van der Waals surface area contributed by atoms with Crippen molar-refractivity contribution in [2.45, 2.75) is 76.3 Å². The van der Waals surface area contributed by atoms with Crippen molar-refractivity contribution in [1.82, 2.24) is 15.0 Å². The molecule has 26 heavy (non-hydrogen) atoms. The van der Waals surface area contributed by atoms with Gasteiger partial charge in [-0.2, -0.15) is 0 Å². The maximum Gasteiger partial charge on any atom is 0.187 e. The highest BCUT2D eigenvalue weighted by Crippen LogP contribution is 2.21. The molecule has 2 N–H and O–H groups in total. The Morgan fingerprint density at radius 1 is 0.731 bits per heavy atom. The molecule has 5 heteroatoms. The van der Waals surface area contributed by atoms with Crippen LogP contribution in [0.3, 0.4) is 0 Å². The minimum absolute atomic E-state index is 0.526. The van der Waals surface area contributed by atoms with Gasteiger partial charge in [-0.1, -0.05) is 76.5 Å². The van der Waals surface area contributed by atoms with Crippen LogP contribution in [0.5, 0.6) is 0 Å². The monoisotopic (exact) mass is 372 g/mol. The number of nitrogens with two attached hydrogens (primary N) is 1. The number of unbranched alkanes of at least 4 members (excludes halogenated alkanes) is 9. The Morgan fingerprint density at radius 2 is 1.31 bits per heavy atom. The number of nitrogens with zero attached hydrogens (tertiary/aromatic N) is 3. The van der Waals surface area contributed by atoms with Crippen LogP contribution in [0.25, 0.3) is 11.1 Å². The highest BCUT2D eigenvalue weighted by Gasteiger charge is 2.02. The molecular weight excluding hydrogens is 340 g/mol. The molecule has 0 saturated heterocycles. The lowest BCUT2D eigenvalue weighted by Gasteiger charge is -2.04. The van der Waals surface area contributed by atoms with Gasteiger partial charge in [0, 0.05) is 35.5 Å². The summed E-state index contributed by atoms with van der Waals surface area (Å²) in [6.45, 7) is 2.27. The molecule has 0 unspecified atom stereocenters. The van der Waals surface area contributed by atoms with Gasteiger partial charge >= 0.3 is 0 Å². The summed E-state index contributed by atoms with van der Waals surface area (Å²) in [6.07, 6.45) is 19.2. The van der Waals surface area contributed by atoms with Crippen molar-refractivity contribution in [2.75, 3.05) is 11.5 Å². The molecule has 0 aromatic carbocycles. The molecule has 2 heterocycles. The predicted octanol–water partition coefficient (Wildman–Crippen LogP) is 6.13. The van der Waals surface area contributed by atoms with Gasteiger partial charge < -0.3 is 5.73 Å². The number of anilines is 1. The van der Waals surface area contributed by atoms with Crippen LogP contribution >= 0.6 is 11.8 Å². The molecule has 0 saturated carbocycles. The van der Waals surface area contributed by atoms with Crippen molar-refractivity contribution >= 4 is 17.6 Å². The van der Waals surface area contributed by atoms with Crippen molar-refractivity contribution in [3.8, 4) is 11.1 Å². The summed E-state index contributed by atoms with van der Waals surface area (Å²) in [5.74, 6) is 1.62. The fraction of sp³-hybridized carbons (Fsp3) is 0.571. The highest BCUT2D eigenvalue weighted by molar-refractivity contribution is 7.99. The van der Waals surface area contributed by atoms with Gasteiger partial charge in [-0.3, -0.25) is 0 Å². The summed E-state index contributed by atoms with van der Waals surface area (Å²) in [5, 5.41) is 0.855. The zero-order chi connectivity index (χ0) is 18.5. The van der Waals surface area contributed by atoms with E-state index in [0.29, 0.717) is 5.82 Å². The first-order valence-electron chi connectivity index (χ1n) is 9.96. The van der Waals surface area contributed by atoms with E-state index in [1.165, 1.54) is 64.2 Å². The first-order valence-corrected chi connectivity index (χ1v) is 10.9. The lowest BCUT2D eigenvalue weighted by Crippen LogP contribution is -1.92. The van der Waals surface area contributed by atoms with Crippen LogP contribution in [-0.4, -0.2) is 20.7 Å². The molecule has 0 atom stereocenters. The fourth-order valence-corrected chi connectivity index (χ4v) is 3.65. The second-order valence-electron chi connectivity index (χ2n) is 6.76. The molecule has 0 fully saturated rings. The molecule has 2 aromatic heterocycles. The first-order chi connectivity index (χ1) is 12.8. The quantitative estimate of drug-likeness (QED) is 0.260. The van der Waals surface area contributed by atoms with Crippen LogP contribution in [0.15, 0.2) is 35.9 Å². The smallest absolute Gasteiger partial charge is 0.187 e. The van der Waals surface area contributed by atoms with Crippen LogP contribution in [0.4, 0.5) is 5.82 Å². The topological polar surface area (TPSA) is 64.7 Å². The first kappa shape index (κ1) is 20.7. The van der Waals surface area contributed by atoms with Gasteiger partial charge in [0.25, 0.3) is 0 Å². The Hall–Kier alpha value is -1.62. The Labute approximate surface area is 162 Å². The standard InChI is InChI=1S/C21H32N4S/c1-2-3-4-5-6-7-8-9-10-11-14-26-21-24-16-19(17-25-21)18-12-13-20(22)23-15-18/h12-13,15-17H,2-11,14H2,1H3,(H2,22,23). The van der Waals surface area contributed by atoms with Gasteiger partial charge in [0.1, 0.15) is 5.82 Å². The van der Waals surface area contributed by atoms with E-state index in [-0.39, 0.29) is 0 Å². The number of hydrogen-bond donors (Lipinski definition) is 1. The molecule has 0 aliphatic heterocycles. The summed E-state index contributed by atoms with van der Waals surface area (Å²) in [4.78, 5) is 13.0. The third kappa shape index (κ3) is 8.17. The van der Waals surface area contributed by atoms with Crippen LogP contribution in [0.2, 0.25) is 0 Å². The summed E-state index contributed by atoms with van der Waals surface area (Å²) in [5.41, 5.74) is 7.58. The lowest BCUT2D eigenvalue weighted by molar-refractivity contribution is 0.563. The highest BCUT2D eigenvalue weighted by atomic mass is 32.2. The van der Waals surface area contributed by atoms with Crippen LogP contribution in [0, 0.1) is 0 Å². The zero-order valence-corrected chi connectivity index (χ0v) is 16.8. The van der Waals surface area contributed by atoms with E-state index in [2.05, 4.69) is 21.9 Å². The Morgan fingerprint density at radius 3 is 1.88 bits per heavy atom. The summed E-state index contributed by atoms with van der Waals surface area (Å²) in [6, 6.07) is 3.74. The SMILES string of the molecule is CCCCCCCCCCCCSc1ncc(-c2ccc(N)nc2)cn1. The molecule has 2 aromatic rings. The van der Waals surface area contributed by atoms with Gasteiger partial charge in [-0.15, -0.1) is 0 Å². The molecule has 0 spiro atoms. The number of rotatable bonds is 13. The second kappa shape index (κ2) is 12.7. The molecule has 0 aliphatic carbocycles. The molecule has 2 rings (SSSR count). The molecule has 0 bridgehead atoms. The maximum atomic E-state index is 5.61. The van der Waals surface area contributed by atoms with Crippen molar-refractivity contribution in [1.29, 1.82) is 0 Å². The van der Waals surface area contributed by atoms with E-state index in [0.717, 1.165) is 22.0 Å². The number of hydrogen-bond acceptors (Lipinski definition) is 5. The van der Waals surface area contributed by atoms with Crippen LogP contribution < -0.4 is 5.73 Å². The molecule has 0 radical (unpaired) electrons. The minimum atomic E-state index is 0.526. The third-order valence-electron chi connectivity index (χ3n) is 4.48. The Balaban J connectivity index is 1.54. The number of nitrogen functional groups attached to an aromatic ring is 1.